The molecule has 2 aliphatic rings. The molecule has 7 rings (SSSR count). The van der Waals surface area contributed by atoms with Crippen molar-refractivity contribution in [1.29, 1.82) is 0 Å². The van der Waals surface area contributed by atoms with Gasteiger partial charge in [-0.2, -0.15) is 0 Å². The Hall–Kier alpha value is -3.14. The minimum atomic E-state index is -0.225. The van der Waals surface area contributed by atoms with E-state index in [0.717, 1.165) is 75.2 Å². The van der Waals surface area contributed by atoms with Crippen LogP contribution >= 0.6 is 11.3 Å². The molecule has 9 heteroatoms. The number of fused-ring (bicyclic) bond motifs is 5. The summed E-state index contributed by atoms with van der Waals surface area (Å²) in [6.07, 6.45) is 11.5. The van der Waals surface area contributed by atoms with Gasteiger partial charge in [0.2, 0.25) is 0 Å². The molecule has 5 aromatic rings. The summed E-state index contributed by atoms with van der Waals surface area (Å²) in [6.45, 7) is 6.18. The summed E-state index contributed by atoms with van der Waals surface area (Å²) in [7, 11) is 0. The molecule has 1 fully saturated rings. The number of nitrogens with one attached hydrogen (secondary N) is 2. The van der Waals surface area contributed by atoms with Gasteiger partial charge in [0.1, 0.15) is 17.0 Å². The third-order valence-electron chi connectivity index (χ3n) is 8.11. The summed E-state index contributed by atoms with van der Waals surface area (Å²) in [4.78, 5) is 23.1. The smallest absolute Gasteiger partial charge is 0.147 e. The Morgan fingerprint density at radius 2 is 2.05 bits per heavy atom. The second-order valence-electron chi connectivity index (χ2n) is 11.4. The van der Waals surface area contributed by atoms with Crippen molar-refractivity contribution >= 4 is 48.6 Å². The molecule has 1 aliphatic carbocycles. The number of hydrogen-bond donors (Lipinski definition) is 2. The molecular weight excluding hydrogens is 508 g/mol. The fourth-order valence-corrected chi connectivity index (χ4v) is 7.12. The van der Waals surface area contributed by atoms with Crippen molar-refractivity contribution in [2.45, 2.75) is 83.7 Å². The number of H-pyrrole nitrogens is 1. The summed E-state index contributed by atoms with van der Waals surface area (Å²) in [5, 5.41) is 4.67. The molecule has 1 saturated carbocycles. The number of imidazole rings is 1. The van der Waals surface area contributed by atoms with E-state index < -0.39 is 0 Å². The van der Waals surface area contributed by atoms with E-state index in [1.165, 1.54) is 36.0 Å². The van der Waals surface area contributed by atoms with Crippen molar-refractivity contribution in [2.75, 3.05) is 11.9 Å². The van der Waals surface area contributed by atoms with Crippen LogP contribution in [-0.4, -0.2) is 43.2 Å². The second-order valence-corrected chi connectivity index (χ2v) is 12.4. The summed E-state index contributed by atoms with van der Waals surface area (Å²) in [5.41, 5.74) is 7.52. The molecule has 202 valence electrons. The van der Waals surface area contributed by atoms with E-state index in [-0.39, 0.29) is 5.60 Å². The van der Waals surface area contributed by atoms with E-state index in [1.807, 2.05) is 0 Å². The Bertz CT molecular complexity index is 1650. The first-order valence-corrected chi connectivity index (χ1v) is 14.8. The Labute approximate surface area is 231 Å². The van der Waals surface area contributed by atoms with Gasteiger partial charge in [0.15, 0.2) is 0 Å². The largest absolute Gasteiger partial charge is 0.374 e. The van der Waals surface area contributed by atoms with Gasteiger partial charge in [-0.1, -0.05) is 25.3 Å². The number of hydrogen-bond acceptors (Lipinski definition) is 8. The van der Waals surface area contributed by atoms with Gasteiger partial charge < -0.3 is 19.8 Å². The first-order valence-electron chi connectivity index (χ1n) is 14.0. The molecule has 0 radical (unpaired) electrons. The zero-order valence-corrected chi connectivity index (χ0v) is 23.4. The first-order chi connectivity index (χ1) is 19.0. The van der Waals surface area contributed by atoms with Crippen molar-refractivity contribution in [1.82, 2.24) is 24.9 Å². The van der Waals surface area contributed by atoms with E-state index >= 15 is 0 Å². The fourth-order valence-electron chi connectivity index (χ4n) is 5.98. The number of nitrogens with zero attached hydrogens (tertiary/aromatic N) is 4. The van der Waals surface area contributed by atoms with Gasteiger partial charge in [-0.3, -0.25) is 0 Å². The minimum Gasteiger partial charge on any atom is -0.374 e. The number of anilines is 1. The Balaban J connectivity index is 1.22. The molecule has 1 aliphatic heterocycles. The monoisotopic (exact) mass is 542 g/mol. The maximum absolute atomic E-state index is 6.54. The highest BCUT2D eigenvalue weighted by Crippen LogP contribution is 2.41. The zero-order chi connectivity index (χ0) is 26.4. The molecule has 0 bridgehead atoms. The van der Waals surface area contributed by atoms with Gasteiger partial charge in [0.05, 0.1) is 58.2 Å². The Kier molecular flexibility index (Phi) is 6.45. The first kappa shape index (κ1) is 24.9. The van der Waals surface area contributed by atoms with Gasteiger partial charge in [0, 0.05) is 23.9 Å². The van der Waals surface area contributed by atoms with Crippen LogP contribution in [0.25, 0.3) is 31.5 Å². The van der Waals surface area contributed by atoms with Crippen LogP contribution in [0.2, 0.25) is 0 Å². The van der Waals surface area contributed by atoms with E-state index in [9.17, 15) is 0 Å². The number of aromatic amines is 1. The van der Waals surface area contributed by atoms with Crippen LogP contribution in [0.5, 0.6) is 0 Å². The zero-order valence-electron chi connectivity index (χ0n) is 22.5. The van der Waals surface area contributed by atoms with Crippen LogP contribution in [0, 0.1) is 0 Å². The molecule has 39 heavy (non-hydrogen) atoms. The maximum Gasteiger partial charge on any atom is 0.147 e. The molecule has 0 atom stereocenters. The van der Waals surface area contributed by atoms with Gasteiger partial charge in [-0.05, 0) is 56.4 Å². The van der Waals surface area contributed by atoms with Crippen LogP contribution in [0.3, 0.4) is 0 Å². The minimum absolute atomic E-state index is 0.225. The topological polar surface area (TPSA) is 97.8 Å². The molecule has 1 aromatic carbocycles. The lowest BCUT2D eigenvalue weighted by molar-refractivity contribution is -0.0431. The molecule has 4 aromatic heterocycles. The summed E-state index contributed by atoms with van der Waals surface area (Å²) in [6, 6.07) is 6.37. The van der Waals surface area contributed by atoms with Gasteiger partial charge in [-0.25, -0.2) is 19.9 Å². The second kappa shape index (κ2) is 10.1. The van der Waals surface area contributed by atoms with E-state index in [1.54, 1.807) is 24.0 Å². The number of ether oxygens (including phenoxy) is 2. The Morgan fingerprint density at radius 1 is 1.15 bits per heavy atom. The van der Waals surface area contributed by atoms with Crippen molar-refractivity contribution in [3.63, 3.8) is 0 Å². The highest BCUT2D eigenvalue weighted by atomic mass is 32.1. The molecule has 2 N–H and O–H groups in total. The molecule has 5 heterocycles. The van der Waals surface area contributed by atoms with E-state index in [4.69, 9.17) is 19.4 Å². The normalized spacial score (nSPS) is 17.7. The predicted molar refractivity (Wildman–Crippen MR) is 155 cm³/mol. The Morgan fingerprint density at radius 3 is 2.95 bits per heavy atom. The number of benzene rings is 1. The third kappa shape index (κ3) is 4.88. The van der Waals surface area contributed by atoms with Crippen LogP contribution in [-0.2, 0) is 35.5 Å². The summed E-state index contributed by atoms with van der Waals surface area (Å²) in [5.74, 6) is 0.859. The van der Waals surface area contributed by atoms with E-state index in [2.05, 4.69) is 52.3 Å². The molecular formula is C30H34N6O2S. The van der Waals surface area contributed by atoms with Gasteiger partial charge >= 0.3 is 0 Å². The number of aromatic nitrogens is 5. The lowest BCUT2D eigenvalue weighted by Crippen LogP contribution is -2.33. The van der Waals surface area contributed by atoms with Crippen molar-refractivity contribution in [2.24, 2.45) is 0 Å². The lowest BCUT2D eigenvalue weighted by Gasteiger charge is -2.32. The van der Waals surface area contributed by atoms with Gasteiger partial charge in [0.25, 0.3) is 0 Å². The summed E-state index contributed by atoms with van der Waals surface area (Å²) < 4.78 is 13.8. The number of thiophene rings is 1. The number of pyridine rings is 1. The molecule has 0 unspecified atom stereocenters. The standard InChI is InChI=1S/C30H34N6O2S/c1-30(2)13-24-20(15-38-30)21(14-37-19-6-4-3-5-7-19)25-26-27(39-29(25)36-24)28(35-17-34-26)31-11-10-18-8-9-22-23(12-18)33-16-32-22/h8-9,12,16-17,19H,3-7,10-11,13-15H2,1-2H3,(H,32,33)(H,31,34,35). The number of rotatable bonds is 7. The quantitative estimate of drug-likeness (QED) is 0.243. The molecule has 8 nitrogen and oxygen atoms in total. The lowest BCUT2D eigenvalue weighted by atomic mass is 9.92. The van der Waals surface area contributed by atoms with Crippen LogP contribution in [0.15, 0.2) is 30.9 Å². The molecule has 0 spiro atoms. The maximum atomic E-state index is 6.54. The average molecular weight is 543 g/mol. The van der Waals surface area contributed by atoms with Crippen LogP contribution < -0.4 is 5.32 Å². The average Bonchev–Trinajstić information content (AvgIpc) is 3.55. The van der Waals surface area contributed by atoms with Gasteiger partial charge in [-0.15, -0.1) is 11.3 Å². The SMILES string of the molecule is CC1(C)Cc2nc3sc4c(NCCc5ccc6[nH]cnc6c5)ncnc4c3c(COC3CCCCC3)c2CO1. The molecule has 0 amide bonds. The van der Waals surface area contributed by atoms with Crippen LogP contribution in [0.4, 0.5) is 5.82 Å². The van der Waals surface area contributed by atoms with Crippen LogP contribution in [0.1, 0.15) is 68.3 Å². The summed E-state index contributed by atoms with van der Waals surface area (Å²) >= 11 is 1.68. The van der Waals surface area contributed by atoms with Crippen molar-refractivity contribution < 1.29 is 9.47 Å². The van der Waals surface area contributed by atoms with Crippen molar-refractivity contribution in [3.05, 3.63) is 53.2 Å². The third-order valence-corrected chi connectivity index (χ3v) is 9.19. The highest BCUT2D eigenvalue weighted by molar-refractivity contribution is 7.26. The molecule has 0 saturated heterocycles. The highest BCUT2D eigenvalue weighted by Gasteiger charge is 2.31. The predicted octanol–water partition coefficient (Wildman–Crippen LogP) is 6.47. The van der Waals surface area contributed by atoms with E-state index in [0.29, 0.717) is 19.3 Å². The van der Waals surface area contributed by atoms with Crippen molar-refractivity contribution in [3.8, 4) is 0 Å². The fraction of sp³-hybridized carbons (Fsp3) is 0.467.